The van der Waals surface area contributed by atoms with E-state index in [1.54, 1.807) is 7.11 Å². The van der Waals surface area contributed by atoms with Gasteiger partial charge in [-0.1, -0.05) is 38.3 Å². The van der Waals surface area contributed by atoms with Crippen molar-refractivity contribution in [2.24, 2.45) is 0 Å². The van der Waals surface area contributed by atoms with Gasteiger partial charge < -0.3 is 9.47 Å². The molecule has 16 heavy (non-hydrogen) atoms. The number of ether oxygens (including phenoxy) is 2. The Labute approximate surface area is 98.6 Å². The molecule has 1 aromatic carbocycles. The lowest BCUT2D eigenvalue weighted by molar-refractivity contribution is 0.0511. The SMILES string of the molecule is CCCCCCc1ccc(OCOC)cc1. The molecule has 0 unspecified atom stereocenters. The van der Waals surface area contributed by atoms with Gasteiger partial charge in [-0.2, -0.15) is 0 Å². The third-order valence-electron chi connectivity index (χ3n) is 2.59. The van der Waals surface area contributed by atoms with Gasteiger partial charge in [0, 0.05) is 7.11 Å². The Balaban J connectivity index is 2.27. The van der Waals surface area contributed by atoms with E-state index in [2.05, 4.69) is 19.1 Å². The van der Waals surface area contributed by atoms with Crippen molar-refractivity contribution in [3.8, 4) is 5.75 Å². The first-order valence-corrected chi connectivity index (χ1v) is 6.07. The van der Waals surface area contributed by atoms with E-state index in [4.69, 9.17) is 9.47 Å². The van der Waals surface area contributed by atoms with Crippen molar-refractivity contribution in [1.82, 2.24) is 0 Å². The van der Waals surface area contributed by atoms with Crippen LogP contribution in [0.4, 0.5) is 0 Å². The van der Waals surface area contributed by atoms with Crippen molar-refractivity contribution in [2.45, 2.75) is 39.0 Å². The predicted octanol–water partition coefficient (Wildman–Crippen LogP) is 3.79. The van der Waals surface area contributed by atoms with E-state index in [0.29, 0.717) is 6.79 Å². The Bertz CT molecular complexity index is 267. The maximum atomic E-state index is 5.33. The molecule has 0 saturated carbocycles. The number of benzene rings is 1. The predicted molar refractivity (Wildman–Crippen MR) is 66.8 cm³/mol. The summed E-state index contributed by atoms with van der Waals surface area (Å²) in [4.78, 5) is 0. The topological polar surface area (TPSA) is 18.5 Å². The Morgan fingerprint density at radius 1 is 1.00 bits per heavy atom. The van der Waals surface area contributed by atoms with Crippen LogP contribution in [-0.2, 0) is 11.2 Å². The van der Waals surface area contributed by atoms with E-state index in [9.17, 15) is 0 Å². The average molecular weight is 222 g/mol. The van der Waals surface area contributed by atoms with Crippen molar-refractivity contribution >= 4 is 0 Å². The Kier molecular flexibility index (Phi) is 6.66. The van der Waals surface area contributed by atoms with Crippen LogP contribution >= 0.6 is 0 Å². The summed E-state index contributed by atoms with van der Waals surface area (Å²) in [6.45, 7) is 2.55. The third-order valence-corrected chi connectivity index (χ3v) is 2.59. The second-order valence-corrected chi connectivity index (χ2v) is 4.01. The van der Waals surface area contributed by atoms with Crippen LogP contribution in [0.25, 0.3) is 0 Å². The van der Waals surface area contributed by atoms with E-state index >= 15 is 0 Å². The molecule has 0 aliphatic carbocycles. The van der Waals surface area contributed by atoms with Crippen LogP contribution in [0.3, 0.4) is 0 Å². The first-order chi connectivity index (χ1) is 7.86. The summed E-state index contributed by atoms with van der Waals surface area (Å²) >= 11 is 0. The van der Waals surface area contributed by atoms with E-state index in [-0.39, 0.29) is 0 Å². The Morgan fingerprint density at radius 2 is 1.75 bits per heavy atom. The maximum absolute atomic E-state index is 5.33. The molecule has 90 valence electrons. The average Bonchev–Trinajstić information content (AvgIpc) is 2.33. The van der Waals surface area contributed by atoms with Crippen molar-refractivity contribution in [1.29, 1.82) is 0 Å². The number of methoxy groups -OCH3 is 1. The molecule has 0 atom stereocenters. The fourth-order valence-corrected chi connectivity index (χ4v) is 1.64. The van der Waals surface area contributed by atoms with Crippen LogP contribution in [0.5, 0.6) is 5.75 Å². The quantitative estimate of drug-likeness (QED) is 0.492. The summed E-state index contributed by atoms with van der Waals surface area (Å²) in [6, 6.07) is 8.29. The maximum Gasteiger partial charge on any atom is 0.188 e. The summed E-state index contributed by atoms with van der Waals surface area (Å²) in [5, 5.41) is 0. The largest absolute Gasteiger partial charge is 0.468 e. The van der Waals surface area contributed by atoms with Gasteiger partial charge in [-0.15, -0.1) is 0 Å². The smallest absolute Gasteiger partial charge is 0.188 e. The molecule has 1 rings (SSSR count). The molecular formula is C14H22O2. The zero-order valence-corrected chi connectivity index (χ0v) is 10.4. The zero-order valence-electron chi connectivity index (χ0n) is 10.4. The van der Waals surface area contributed by atoms with Crippen LogP contribution < -0.4 is 4.74 Å². The summed E-state index contributed by atoms with van der Waals surface area (Å²) in [6.07, 6.45) is 6.42. The van der Waals surface area contributed by atoms with Gasteiger partial charge in [0.25, 0.3) is 0 Å². The molecule has 2 heteroatoms. The monoisotopic (exact) mass is 222 g/mol. The van der Waals surface area contributed by atoms with E-state index < -0.39 is 0 Å². The molecule has 0 N–H and O–H groups in total. The number of rotatable bonds is 8. The van der Waals surface area contributed by atoms with Crippen LogP contribution in [0.2, 0.25) is 0 Å². The molecule has 0 aromatic heterocycles. The van der Waals surface area contributed by atoms with Crippen molar-refractivity contribution < 1.29 is 9.47 Å². The number of hydrogen-bond acceptors (Lipinski definition) is 2. The van der Waals surface area contributed by atoms with E-state index in [0.717, 1.165) is 5.75 Å². The molecule has 1 aromatic rings. The fourth-order valence-electron chi connectivity index (χ4n) is 1.64. The highest BCUT2D eigenvalue weighted by atomic mass is 16.7. The second kappa shape index (κ2) is 8.17. The molecule has 0 heterocycles. The van der Waals surface area contributed by atoms with Gasteiger partial charge in [-0.3, -0.25) is 0 Å². The lowest BCUT2D eigenvalue weighted by atomic mass is 10.1. The minimum atomic E-state index is 0.315. The highest BCUT2D eigenvalue weighted by Crippen LogP contribution is 2.14. The fraction of sp³-hybridized carbons (Fsp3) is 0.571. The van der Waals surface area contributed by atoms with Gasteiger partial charge in [0.1, 0.15) is 5.75 Å². The zero-order chi connectivity index (χ0) is 11.6. The number of hydrogen-bond donors (Lipinski definition) is 0. The first-order valence-electron chi connectivity index (χ1n) is 6.07. The Morgan fingerprint density at radius 3 is 2.38 bits per heavy atom. The molecule has 0 aliphatic heterocycles. The molecule has 2 nitrogen and oxygen atoms in total. The standard InChI is InChI=1S/C14H22O2/c1-3-4-5-6-7-13-8-10-14(11-9-13)16-12-15-2/h8-11H,3-7,12H2,1-2H3. The van der Waals surface area contributed by atoms with Gasteiger partial charge >= 0.3 is 0 Å². The van der Waals surface area contributed by atoms with Gasteiger partial charge in [-0.25, -0.2) is 0 Å². The molecule has 0 saturated heterocycles. The Hall–Kier alpha value is -1.02. The lowest BCUT2D eigenvalue weighted by Crippen LogP contribution is -1.98. The number of aryl methyl sites for hydroxylation is 1. The molecular weight excluding hydrogens is 200 g/mol. The normalized spacial score (nSPS) is 10.4. The van der Waals surface area contributed by atoms with Crippen molar-refractivity contribution in [3.05, 3.63) is 29.8 Å². The van der Waals surface area contributed by atoms with E-state index in [1.807, 2.05) is 12.1 Å². The lowest BCUT2D eigenvalue weighted by Gasteiger charge is -2.05. The third kappa shape index (κ3) is 5.17. The molecule has 0 bridgehead atoms. The highest BCUT2D eigenvalue weighted by molar-refractivity contribution is 5.27. The molecule has 0 fully saturated rings. The molecule has 0 amide bonds. The summed E-state index contributed by atoms with van der Waals surface area (Å²) in [5.41, 5.74) is 1.39. The van der Waals surface area contributed by atoms with E-state index in [1.165, 1.54) is 37.7 Å². The van der Waals surface area contributed by atoms with Crippen LogP contribution in [-0.4, -0.2) is 13.9 Å². The number of unbranched alkanes of at least 4 members (excludes halogenated alkanes) is 3. The minimum Gasteiger partial charge on any atom is -0.468 e. The van der Waals surface area contributed by atoms with Crippen molar-refractivity contribution in [2.75, 3.05) is 13.9 Å². The molecule has 0 aliphatic rings. The summed E-state index contributed by atoms with van der Waals surface area (Å²) < 4.78 is 10.2. The van der Waals surface area contributed by atoms with Crippen LogP contribution in [0.15, 0.2) is 24.3 Å². The molecule has 0 spiro atoms. The van der Waals surface area contributed by atoms with Crippen LogP contribution in [0.1, 0.15) is 38.2 Å². The van der Waals surface area contributed by atoms with Crippen molar-refractivity contribution in [3.63, 3.8) is 0 Å². The van der Waals surface area contributed by atoms with Gasteiger partial charge in [0.05, 0.1) is 0 Å². The van der Waals surface area contributed by atoms with Gasteiger partial charge in [0.15, 0.2) is 6.79 Å². The second-order valence-electron chi connectivity index (χ2n) is 4.01. The summed E-state index contributed by atoms with van der Waals surface area (Å²) in [5.74, 6) is 0.874. The summed E-state index contributed by atoms with van der Waals surface area (Å²) in [7, 11) is 1.63. The van der Waals surface area contributed by atoms with Gasteiger partial charge in [0.2, 0.25) is 0 Å². The molecule has 0 radical (unpaired) electrons. The minimum absolute atomic E-state index is 0.315. The highest BCUT2D eigenvalue weighted by Gasteiger charge is 1.95. The van der Waals surface area contributed by atoms with Crippen LogP contribution in [0, 0.1) is 0 Å². The van der Waals surface area contributed by atoms with Gasteiger partial charge in [-0.05, 0) is 30.5 Å². The first kappa shape index (κ1) is 13.0.